The summed E-state index contributed by atoms with van der Waals surface area (Å²) in [5.74, 6) is -0.968. The maximum Gasteiger partial charge on any atom is 0.335 e. The van der Waals surface area contributed by atoms with Gasteiger partial charge in [0.15, 0.2) is 0 Å². The van der Waals surface area contributed by atoms with Crippen molar-refractivity contribution < 1.29 is 14.4 Å². The number of nitrogens with one attached hydrogen (secondary N) is 1. The molecule has 2 aromatic rings. The fourth-order valence-electron chi connectivity index (χ4n) is 5.09. The molecule has 0 aromatic heterocycles. The smallest absolute Gasteiger partial charge is 0.335 e. The first kappa shape index (κ1) is 24.2. The van der Waals surface area contributed by atoms with E-state index in [1.165, 1.54) is 11.3 Å². The van der Waals surface area contributed by atoms with Crippen molar-refractivity contribution in [2.24, 2.45) is 0 Å². The number of hydrogen-bond donors (Lipinski definition) is 1. The minimum absolute atomic E-state index is 0.0552. The van der Waals surface area contributed by atoms with Gasteiger partial charge in [-0.3, -0.25) is 14.9 Å². The highest BCUT2D eigenvalue weighted by molar-refractivity contribution is 9.10. The predicted molar refractivity (Wildman–Crippen MR) is 139 cm³/mol. The Balaban J connectivity index is 1.77. The summed E-state index contributed by atoms with van der Waals surface area (Å²) in [6, 6.07) is 10.3. The van der Waals surface area contributed by atoms with Crippen molar-refractivity contribution in [1.29, 1.82) is 0 Å². The maximum absolute atomic E-state index is 13.3. The minimum Gasteiger partial charge on any atom is -0.366 e. The van der Waals surface area contributed by atoms with Gasteiger partial charge in [0.05, 0.1) is 5.69 Å². The van der Waals surface area contributed by atoms with E-state index in [4.69, 9.17) is 0 Å². The number of halogens is 1. The van der Waals surface area contributed by atoms with Gasteiger partial charge in [-0.1, -0.05) is 29.8 Å². The number of carbonyl (C=O) groups is 3. The monoisotopic (exact) mass is 523 g/mol. The molecule has 1 unspecified atom stereocenters. The number of amides is 4. The van der Waals surface area contributed by atoms with Crippen molar-refractivity contribution in [1.82, 2.24) is 5.32 Å². The summed E-state index contributed by atoms with van der Waals surface area (Å²) in [6.45, 7) is 11.9. The molecule has 2 aromatic carbocycles. The van der Waals surface area contributed by atoms with E-state index < -0.39 is 17.8 Å². The van der Waals surface area contributed by atoms with Crippen LogP contribution in [0.3, 0.4) is 0 Å². The molecule has 0 spiro atoms. The Morgan fingerprint density at radius 1 is 1.15 bits per heavy atom. The third-order valence-electron chi connectivity index (χ3n) is 6.71. The number of urea groups is 1. The Kier molecular flexibility index (Phi) is 6.42. The van der Waals surface area contributed by atoms with E-state index in [0.29, 0.717) is 11.6 Å². The van der Waals surface area contributed by atoms with Gasteiger partial charge in [-0.15, -0.1) is 0 Å². The fraction of sp³-hybridized carbons (Fsp3) is 0.370. The van der Waals surface area contributed by atoms with E-state index in [0.717, 1.165) is 39.9 Å². The van der Waals surface area contributed by atoms with E-state index in [1.54, 1.807) is 30.3 Å². The summed E-state index contributed by atoms with van der Waals surface area (Å²) in [4.78, 5) is 41.9. The molecular formula is C27H30BrN3O3. The average Bonchev–Trinajstić information content (AvgIpc) is 2.75. The van der Waals surface area contributed by atoms with Gasteiger partial charge in [0.1, 0.15) is 5.57 Å². The number of hydrogen-bond acceptors (Lipinski definition) is 4. The number of fused-ring (bicyclic) bond motifs is 1. The molecule has 34 heavy (non-hydrogen) atoms. The predicted octanol–water partition coefficient (Wildman–Crippen LogP) is 5.93. The number of anilines is 2. The zero-order chi connectivity index (χ0) is 24.8. The molecule has 0 aliphatic carbocycles. The number of nitrogens with zero attached hydrogens (tertiary/aromatic N) is 2. The van der Waals surface area contributed by atoms with E-state index in [-0.39, 0.29) is 11.1 Å². The lowest BCUT2D eigenvalue weighted by atomic mass is 9.78. The van der Waals surface area contributed by atoms with Gasteiger partial charge in [0.25, 0.3) is 11.8 Å². The van der Waals surface area contributed by atoms with Crippen LogP contribution in [0.1, 0.15) is 63.1 Å². The van der Waals surface area contributed by atoms with Gasteiger partial charge in [-0.05, 0) is 98.7 Å². The van der Waals surface area contributed by atoms with Crippen LogP contribution in [-0.2, 0) is 9.59 Å². The number of barbiturate groups is 1. The Morgan fingerprint density at radius 2 is 1.82 bits per heavy atom. The summed E-state index contributed by atoms with van der Waals surface area (Å²) in [5, 5.41) is 2.31. The van der Waals surface area contributed by atoms with Gasteiger partial charge in [-0.25, -0.2) is 9.69 Å². The number of aryl methyl sites for hydroxylation is 1. The molecule has 1 saturated heterocycles. The van der Waals surface area contributed by atoms with Crippen LogP contribution in [0.25, 0.3) is 6.08 Å². The second kappa shape index (κ2) is 9.02. The zero-order valence-corrected chi connectivity index (χ0v) is 21.8. The summed E-state index contributed by atoms with van der Waals surface area (Å²) in [6.07, 6.45) is 3.68. The van der Waals surface area contributed by atoms with Crippen LogP contribution in [-0.4, -0.2) is 29.9 Å². The number of benzene rings is 2. The molecule has 2 heterocycles. The molecule has 1 atom stereocenters. The SMILES string of the molecule is CCCN1c2cc(C)c(/C=C3/C(=O)NC(=O)N(c4ccc(Br)cc4)C3=O)cc2C(C)CC1(C)C. The molecule has 0 bridgehead atoms. The standard InChI is InChI=1S/C27H30BrN3O3/c1-6-11-30-23-12-16(2)18(13-21(23)17(3)15-27(30,4)5)14-22-24(32)29-26(34)31(25(22)33)20-9-7-19(28)8-10-20/h7-10,12-14,17H,6,11,15H2,1-5H3,(H,29,32,34)/b22-14-. The highest BCUT2D eigenvalue weighted by atomic mass is 79.9. The maximum atomic E-state index is 13.3. The highest BCUT2D eigenvalue weighted by Gasteiger charge is 2.38. The molecule has 2 aliphatic heterocycles. The van der Waals surface area contributed by atoms with Crippen LogP contribution in [0.2, 0.25) is 0 Å². The normalized spacial score (nSPS) is 21.1. The van der Waals surface area contributed by atoms with E-state index in [1.807, 2.05) is 6.92 Å². The lowest BCUT2D eigenvalue weighted by Gasteiger charge is -2.48. The van der Waals surface area contributed by atoms with Crippen LogP contribution in [0.15, 0.2) is 46.4 Å². The quantitative estimate of drug-likeness (QED) is 0.398. The average molecular weight is 524 g/mol. The van der Waals surface area contributed by atoms with Gasteiger partial charge >= 0.3 is 6.03 Å². The van der Waals surface area contributed by atoms with Gasteiger partial charge < -0.3 is 4.90 Å². The molecule has 1 fully saturated rings. The molecule has 178 valence electrons. The number of carbonyl (C=O) groups excluding carboxylic acids is 3. The number of rotatable bonds is 4. The van der Waals surface area contributed by atoms with Crippen LogP contribution < -0.4 is 15.1 Å². The molecular weight excluding hydrogens is 494 g/mol. The number of imide groups is 2. The molecule has 4 amide bonds. The molecule has 0 saturated carbocycles. The summed E-state index contributed by atoms with van der Waals surface area (Å²) < 4.78 is 0.826. The van der Waals surface area contributed by atoms with Crippen molar-refractivity contribution in [3.05, 3.63) is 63.1 Å². The highest BCUT2D eigenvalue weighted by Crippen LogP contribution is 2.44. The lowest BCUT2D eigenvalue weighted by molar-refractivity contribution is -0.122. The molecule has 7 heteroatoms. The second-order valence-electron chi connectivity index (χ2n) is 9.77. The van der Waals surface area contributed by atoms with Crippen LogP contribution in [0.5, 0.6) is 0 Å². The van der Waals surface area contributed by atoms with Crippen molar-refractivity contribution in [2.45, 2.75) is 58.9 Å². The lowest BCUT2D eigenvalue weighted by Crippen LogP contribution is -2.54. The van der Waals surface area contributed by atoms with Crippen LogP contribution in [0, 0.1) is 6.92 Å². The third kappa shape index (κ3) is 4.29. The Hall–Kier alpha value is -2.93. The van der Waals surface area contributed by atoms with Gasteiger partial charge in [0, 0.05) is 22.2 Å². The zero-order valence-electron chi connectivity index (χ0n) is 20.2. The van der Waals surface area contributed by atoms with E-state index >= 15 is 0 Å². The summed E-state index contributed by atoms with van der Waals surface area (Å²) >= 11 is 3.36. The van der Waals surface area contributed by atoms with Crippen molar-refractivity contribution >= 4 is 51.2 Å². The summed E-state index contributed by atoms with van der Waals surface area (Å²) in [5.41, 5.74) is 4.62. The van der Waals surface area contributed by atoms with Crippen LogP contribution in [0.4, 0.5) is 16.2 Å². The molecule has 2 aliphatic rings. The third-order valence-corrected chi connectivity index (χ3v) is 7.24. The van der Waals surface area contributed by atoms with E-state index in [9.17, 15) is 14.4 Å². The first-order chi connectivity index (χ1) is 16.0. The molecule has 1 N–H and O–H groups in total. The van der Waals surface area contributed by atoms with Crippen molar-refractivity contribution in [2.75, 3.05) is 16.3 Å². The Morgan fingerprint density at radius 3 is 2.47 bits per heavy atom. The first-order valence-electron chi connectivity index (χ1n) is 11.6. The largest absolute Gasteiger partial charge is 0.366 e. The van der Waals surface area contributed by atoms with Crippen molar-refractivity contribution in [3.63, 3.8) is 0 Å². The minimum atomic E-state index is -0.748. The topological polar surface area (TPSA) is 69.7 Å². The van der Waals surface area contributed by atoms with Gasteiger partial charge in [0.2, 0.25) is 0 Å². The molecule has 6 nitrogen and oxygen atoms in total. The Bertz CT molecular complexity index is 1200. The molecule has 0 radical (unpaired) electrons. The summed E-state index contributed by atoms with van der Waals surface area (Å²) in [7, 11) is 0. The first-order valence-corrected chi connectivity index (χ1v) is 12.4. The molecule has 4 rings (SSSR count). The van der Waals surface area contributed by atoms with E-state index in [2.05, 4.69) is 66.0 Å². The van der Waals surface area contributed by atoms with Crippen molar-refractivity contribution in [3.8, 4) is 0 Å². The second-order valence-corrected chi connectivity index (χ2v) is 10.7. The van der Waals surface area contributed by atoms with Crippen LogP contribution >= 0.6 is 15.9 Å². The Labute approximate surface area is 209 Å². The fourth-order valence-corrected chi connectivity index (χ4v) is 5.36. The van der Waals surface area contributed by atoms with Gasteiger partial charge in [-0.2, -0.15) is 0 Å².